The smallest absolute Gasteiger partial charge is 0.343 e. The number of hydrogen-bond donors (Lipinski definition) is 7. The van der Waals surface area contributed by atoms with Crippen molar-refractivity contribution in [2.75, 3.05) is 32.7 Å². The van der Waals surface area contributed by atoms with Crippen molar-refractivity contribution >= 4 is 64.1 Å². The van der Waals surface area contributed by atoms with Crippen LogP contribution in [-0.4, -0.2) is 112 Å². The second-order valence-electron chi connectivity index (χ2n) is 19.0. The van der Waals surface area contributed by atoms with Crippen molar-refractivity contribution in [2.24, 2.45) is 0 Å². The van der Waals surface area contributed by atoms with Gasteiger partial charge in [0.15, 0.2) is 5.60 Å². The molecule has 394 valence electrons. The van der Waals surface area contributed by atoms with E-state index in [0.717, 1.165) is 10.5 Å². The Hall–Kier alpha value is -8.14. The molecule has 8 amide bonds. The quantitative estimate of drug-likeness (QED) is 0.0291. The largest absolute Gasteiger partial charge is 0.458 e. The highest BCUT2D eigenvalue weighted by Gasteiger charge is 2.46. The van der Waals surface area contributed by atoms with Crippen molar-refractivity contribution in [2.45, 2.75) is 109 Å². The number of nitrogens with zero attached hydrogens (tertiary/aromatic N) is 3. The maximum atomic E-state index is 15.4. The van der Waals surface area contributed by atoms with Crippen molar-refractivity contribution in [3.05, 3.63) is 110 Å². The summed E-state index contributed by atoms with van der Waals surface area (Å²) in [5, 5.41) is 27.9. The van der Waals surface area contributed by atoms with E-state index >= 15 is 4.39 Å². The lowest BCUT2D eigenvalue weighted by Crippen LogP contribution is -2.52. The number of aryl methyl sites for hydroxylation is 1. The molecular weight excluding hydrogens is 974 g/mol. The molecule has 8 rings (SSSR count). The van der Waals surface area contributed by atoms with Gasteiger partial charge in [-0.2, -0.15) is 0 Å². The molecule has 3 aliphatic heterocycles. The van der Waals surface area contributed by atoms with Crippen LogP contribution in [0, 0.1) is 12.7 Å². The second kappa shape index (κ2) is 23.0. The number of halogens is 1. The number of esters is 1. The zero-order chi connectivity index (χ0) is 53.6. The molecule has 1 aliphatic carbocycles. The summed E-state index contributed by atoms with van der Waals surface area (Å²) < 4.78 is 22.1. The number of nitrogens with one attached hydrogen (secondary N) is 6. The normalized spacial score (nSPS) is 17.4. The summed E-state index contributed by atoms with van der Waals surface area (Å²) >= 11 is 0. The molecule has 0 saturated carbocycles. The highest BCUT2D eigenvalue weighted by Crippen LogP contribution is 2.46. The lowest BCUT2D eigenvalue weighted by molar-refractivity contribution is -0.172. The first kappa shape index (κ1) is 53.2. The lowest BCUT2D eigenvalue weighted by Gasteiger charge is -2.31. The zero-order valence-electron chi connectivity index (χ0n) is 41.5. The minimum atomic E-state index is -2.04. The van der Waals surface area contributed by atoms with Gasteiger partial charge in [-0.15, -0.1) is 0 Å². The number of aromatic nitrogens is 2. The number of hydrogen-bond acceptors (Lipinski definition) is 13. The van der Waals surface area contributed by atoms with Crippen molar-refractivity contribution in [3.8, 4) is 11.4 Å². The van der Waals surface area contributed by atoms with Gasteiger partial charge in [0.2, 0.25) is 35.4 Å². The predicted molar refractivity (Wildman–Crippen MR) is 266 cm³/mol. The number of carbonyl (C=O) groups is 9. The number of unbranched alkanes of at least 4 members (excludes halogenated alkanes) is 2. The number of ether oxygens (including phenoxy) is 1. The Balaban J connectivity index is 0.805. The maximum absolute atomic E-state index is 15.4. The fraction of sp³-hybridized carbons (Fsp3) is 0.415. The van der Waals surface area contributed by atoms with E-state index in [2.05, 4.69) is 31.9 Å². The molecule has 2 aromatic heterocycles. The Labute approximate surface area is 429 Å². The fourth-order valence-electron chi connectivity index (χ4n) is 9.99. The number of fused-ring (bicyclic) bond motifs is 5. The number of rotatable bonds is 22. The first-order valence-electron chi connectivity index (χ1n) is 25.0. The van der Waals surface area contributed by atoms with Crippen LogP contribution in [0.15, 0.2) is 59.4 Å². The van der Waals surface area contributed by atoms with E-state index in [9.17, 15) is 53.1 Å². The van der Waals surface area contributed by atoms with Gasteiger partial charge in [-0.1, -0.05) is 43.7 Å². The van der Waals surface area contributed by atoms with E-state index in [0.29, 0.717) is 76.6 Å². The van der Waals surface area contributed by atoms with Gasteiger partial charge < -0.3 is 46.3 Å². The van der Waals surface area contributed by atoms with E-state index in [1.165, 1.54) is 22.8 Å². The van der Waals surface area contributed by atoms with Crippen LogP contribution in [0.5, 0.6) is 0 Å². The average Bonchev–Trinajstić information content (AvgIpc) is 3.98. The van der Waals surface area contributed by atoms with Crippen LogP contribution in [0.1, 0.15) is 103 Å². The molecule has 0 radical (unpaired) electrons. The minimum Gasteiger partial charge on any atom is -0.458 e. The Morgan fingerprint density at radius 1 is 0.827 bits per heavy atom. The van der Waals surface area contributed by atoms with Crippen LogP contribution >= 0.6 is 0 Å². The molecule has 5 heterocycles. The summed E-state index contributed by atoms with van der Waals surface area (Å²) in [6.45, 7) is 2.06. The molecule has 22 heteroatoms. The third-order valence-corrected chi connectivity index (χ3v) is 14.1. The number of aliphatic hydroxyl groups is 1. The molecule has 21 nitrogen and oxygen atoms in total. The number of carbonyl (C=O) groups excluding carboxylic acids is 9. The van der Waals surface area contributed by atoms with Crippen LogP contribution < -0.4 is 37.5 Å². The van der Waals surface area contributed by atoms with E-state index in [4.69, 9.17) is 9.72 Å². The third-order valence-electron chi connectivity index (χ3n) is 14.1. The van der Waals surface area contributed by atoms with Gasteiger partial charge in [0.05, 0.1) is 54.7 Å². The minimum absolute atomic E-state index is 0.00604. The maximum Gasteiger partial charge on any atom is 0.343 e. The van der Waals surface area contributed by atoms with E-state index < -0.39 is 84.2 Å². The average molecular weight is 1030 g/mol. The summed E-state index contributed by atoms with van der Waals surface area (Å²) in [5.41, 5.74) is 2.16. The van der Waals surface area contributed by atoms with Crippen LogP contribution in [-0.2, 0) is 79.5 Å². The molecule has 4 aliphatic rings. The molecular formula is C53H58FN9O12. The topological polar surface area (TPSA) is 293 Å². The standard InChI is InChI=1S/C53H58FN9O12/c1-3-53(74)34-22-39-49-32(27-63(39)51(72)33(34)28-75-52(53)73)48-36(16-15-31-29(2)35(54)23-37(61-49)47(31)48)59-41(65)14-10-19-55-42(66)25-58-50(71)38(21-30-11-6-4-7-12-30)60-44(68)26-57-43(67)24-56-40(64)13-8-5-9-20-62-45(69)17-18-46(62)70/h4,6-7,11-12,17-18,22-23,36,38,74H,3,5,8-10,13-16,19-21,24-28H2,1-2H3,(H,55,66)(H,56,64)(H,57,67)(H,58,71)(H,59,65)(H,60,68)/t36?,38?,53-/m0/s1. The SMILES string of the molecule is CC[C@@]1(O)C(=O)OCc2c1cc1n(c2=O)Cc2c-1nc1cc(F)c(C)c3c1c2C(NC(=O)CCCNC(=O)CNC(=O)C(Cc1ccccc1)NC(=O)CNC(=O)CNC(=O)CCCCCN1C(=O)C=CC1=O)CC3. The molecule has 2 aromatic carbocycles. The van der Waals surface area contributed by atoms with Gasteiger partial charge in [-0.3, -0.25) is 48.1 Å². The molecule has 0 bridgehead atoms. The van der Waals surface area contributed by atoms with Gasteiger partial charge in [-0.05, 0) is 73.8 Å². The van der Waals surface area contributed by atoms with Gasteiger partial charge >= 0.3 is 5.97 Å². The molecule has 75 heavy (non-hydrogen) atoms. The Morgan fingerprint density at radius 3 is 2.27 bits per heavy atom. The van der Waals surface area contributed by atoms with E-state index in [-0.39, 0.29) is 87.2 Å². The summed E-state index contributed by atoms with van der Waals surface area (Å²) in [7, 11) is 0. The van der Waals surface area contributed by atoms with Crippen LogP contribution in [0.4, 0.5) is 4.39 Å². The van der Waals surface area contributed by atoms with Crippen molar-refractivity contribution in [1.29, 1.82) is 0 Å². The van der Waals surface area contributed by atoms with Gasteiger partial charge in [-0.25, -0.2) is 14.2 Å². The van der Waals surface area contributed by atoms with Crippen molar-refractivity contribution < 1.29 is 57.4 Å². The highest BCUT2D eigenvalue weighted by molar-refractivity contribution is 6.12. The van der Waals surface area contributed by atoms with Crippen LogP contribution in [0.2, 0.25) is 0 Å². The summed E-state index contributed by atoms with van der Waals surface area (Å²) in [5.74, 6) is -5.33. The van der Waals surface area contributed by atoms with Gasteiger partial charge in [0.1, 0.15) is 18.5 Å². The number of pyridine rings is 2. The first-order chi connectivity index (χ1) is 36.0. The molecule has 7 N–H and O–H groups in total. The van der Waals surface area contributed by atoms with Gasteiger partial charge in [0, 0.05) is 67.1 Å². The molecule has 0 spiro atoms. The second-order valence-corrected chi connectivity index (χ2v) is 19.0. The Bertz CT molecular complexity index is 3090. The third kappa shape index (κ3) is 11.6. The molecule has 3 atom stereocenters. The van der Waals surface area contributed by atoms with Crippen molar-refractivity contribution in [1.82, 2.24) is 46.4 Å². The zero-order valence-corrected chi connectivity index (χ0v) is 41.5. The summed E-state index contributed by atoms with van der Waals surface area (Å²) in [4.78, 5) is 133. The Kier molecular flexibility index (Phi) is 16.3. The summed E-state index contributed by atoms with van der Waals surface area (Å²) in [6, 6.07) is 10.1. The van der Waals surface area contributed by atoms with Crippen molar-refractivity contribution in [3.63, 3.8) is 0 Å². The van der Waals surface area contributed by atoms with E-state index in [1.807, 2.05) is 0 Å². The predicted octanol–water partition coefficient (Wildman–Crippen LogP) is 1.09. The lowest BCUT2D eigenvalue weighted by atomic mass is 9.81. The number of amides is 8. The fourth-order valence-corrected chi connectivity index (χ4v) is 9.99. The summed E-state index contributed by atoms with van der Waals surface area (Å²) in [6.07, 6.45) is 5.21. The number of imide groups is 1. The monoisotopic (exact) mass is 1030 g/mol. The first-order valence-corrected chi connectivity index (χ1v) is 25.0. The van der Waals surface area contributed by atoms with Crippen LogP contribution in [0.25, 0.3) is 22.3 Å². The highest BCUT2D eigenvalue weighted by atomic mass is 19.1. The molecule has 4 aromatic rings. The number of cyclic esters (lactones) is 1. The number of benzene rings is 2. The van der Waals surface area contributed by atoms with E-state index in [1.54, 1.807) is 50.2 Å². The molecule has 2 unspecified atom stereocenters. The van der Waals surface area contributed by atoms with Gasteiger partial charge in [0.25, 0.3) is 17.4 Å². The molecule has 0 fully saturated rings. The van der Waals surface area contributed by atoms with Crippen LogP contribution in [0.3, 0.4) is 0 Å². The Morgan fingerprint density at radius 2 is 1.52 bits per heavy atom. The molecule has 0 saturated heterocycles.